The summed E-state index contributed by atoms with van der Waals surface area (Å²) in [6.45, 7) is 0. The fourth-order valence-electron chi connectivity index (χ4n) is 0.865. The van der Waals surface area contributed by atoms with Crippen molar-refractivity contribution in [2.24, 2.45) is 0 Å². The smallest absolute Gasteiger partial charge is 0.0362 e. The van der Waals surface area contributed by atoms with Gasteiger partial charge in [-0.05, 0) is 11.5 Å². The highest BCUT2D eigenvalue weighted by Gasteiger charge is 1.87. The Balaban J connectivity index is 2.89. The molecule has 2 heterocycles. The van der Waals surface area contributed by atoms with E-state index in [1.54, 1.807) is 24.8 Å². The van der Waals surface area contributed by atoms with Crippen LogP contribution in [0.25, 0.3) is 10.8 Å². The summed E-state index contributed by atoms with van der Waals surface area (Å²) in [7, 11) is 0. The Morgan fingerprint density at radius 3 is 3.00 bits per heavy atom. The van der Waals surface area contributed by atoms with Gasteiger partial charge in [0.05, 0.1) is 0 Å². The van der Waals surface area contributed by atoms with Crippen LogP contribution in [0, 0.1) is 6.07 Å². The summed E-state index contributed by atoms with van der Waals surface area (Å²) in [6.07, 6.45) is 6.96. The topological polar surface area (TPSA) is 25.8 Å². The summed E-state index contributed by atoms with van der Waals surface area (Å²) < 4.78 is 0. The van der Waals surface area contributed by atoms with Crippen LogP contribution in [0.2, 0.25) is 0 Å². The van der Waals surface area contributed by atoms with Gasteiger partial charge in [0.25, 0.3) is 0 Å². The van der Waals surface area contributed by atoms with Crippen LogP contribution in [0.1, 0.15) is 0 Å². The van der Waals surface area contributed by atoms with E-state index in [4.69, 9.17) is 0 Å². The van der Waals surface area contributed by atoms with Crippen LogP contribution in [0.3, 0.4) is 0 Å². The molecule has 0 aromatic carbocycles. The molecule has 0 unspecified atom stereocenters. The first-order chi connectivity index (χ1) is 4.97. The number of hydrogen-bond donors (Lipinski definition) is 0. The monoisotopic (exact) mass is 129 g/mol. The third kappa shape index (κ3) is 0.739. The van der Waals surface area contributed by atoms with Crippen LogP contribution in [-0.2, 0) is 0 Å². The van der Waals surface area contributed by atoms with E-state index in [9.17, 15) is 0 Å². The van der Waals surface area contributed by atoms with Crippen molar-refractivity contribution in [2.45, 2.75) is 0 Å². The molecule has 0 atom stereocenters. The molecule has 0 amide bonds. The minimum absolute atomic E-state index is 1.03. The molecule has 0 bridgehead atoms. The molecule has 2 aromatic heterocycles. The van der Waals surface area contributed by atoms with E-state index in [1.165, 1.54) is 0 Å². The fraction of sp³-hybridized carbons (Fsp3) is 0. The zero-order chi connectivity index (χ0) is 6.81. The highest BCUT2D eigenvalue weighted by atomic mass is 14.6. The maximum absolute atomic E-state index is 3.95. The number of hydrogen-bond acceptors (Lipinski definition) is 2. The molecule has 1 radical (unpaired) electrons. The number of nitrogens with zero attached hydrogens (tertiary/aromatic N) is 2. The lowest BCUT2D eigenvalue weighted by Crippen LogP contribution is -1.75. The fourth-order valence-corrected chi connectivity index (χ4v) is 0.865. The van der Waals surface area contributed by atoms with Crippen molar-refractivity contribution < 1.29 is 0 Å². The Hall–Kier alpha value is -1.44. The van der Waals surface area contributed by atoms with Crippen LogP contribution in [-0.4, -0.2) is 9.97 Å². The molecule has 0 fully saturated rings. The molecule has 2 aromatic rings. The summed E-state index contributed by atoms with van der Waals surface area (Å²) in [4.78, 5) is 7.87. The maximum atomic E-state index is 3.95. The number of rotatable bonds is 0. The lowest BCUT2D eigenvalue weighted by atomic mass is 10.2. The molecule has 10 heavy (non-hydrogen) atoms. The molecule has 0 spiro atoms. The summed E-state index contributed by atoms with van der Waals surface area (Å²) in [6, 6.07) is 4.91. The molecule has 0 aliphatic rings. The molecule has 0 aliphatic heterocycles. The van der Waals surface area contributed by atoms with Crippen LogP contribution in [0.15, 0.2) is 30.9 Å². The highest BCUT2D eigenvalue weighted by molar-refractivity contribution is 5.79. The average molecular weight is 129 g/mol. The summed E-state index contributed by atoms with van der Waals surface area (Å²) in [5, 5.41) is 2.09. The molecule has 0 saturated heterocycles. The zero-order valence-corrected chi connectivity index (χ0v) is 5.28. The molecule has 0 N–H and O–H groups in total. The average Bonchev–Trinajstić information content (AvgIpc) is 2.05. The predicted octanol–water partition coefficient (Wildman–Crippen LogP) is 1.43. The molecule has 47 valence electrons. The van der Waals surface area contributed by atoms with E-state index in [2.05, 4.69) is 16.0 Å². The Kier molecular flexibility index (Phi) is 1.10. The van der Waals surface area contributed by atoms with Crippen molar-refractivity contribution >= 4 is 10.8 Å². The van der Waals surface area contributed by atoms with Gasteiger partial charge in [0.15, 0.2) is 0 Å². The lowest BCUT2D eigenvalue weighted by molar-refractivity contribution is 1.32. The van der Waals surface area contributed by atoms with Crippen molar-refractivity contribution in [3.63, 3.8) is 0 Å². The van der Waals surface area contributed by atoms with Crippen molar-refractivity contribution in [3.05, 3.63) is 36.9 Å². The highest BCUT2D eigenvalue weighted by Crippen LogP contribution is 2.06. The molecule has 0 saturated carbocycles. The van der Waals surface area contributed by atoms with E-state index >= 15 is 0 Å². The van der Waals surface area contributed by atoms with Crippen LogP contribution >= 0.6 is 0 Å². The second kappa shape index (κ2) is 2.06. The normalized spacial score (nSPS) is 10.0. The summed E-state index contributed by atoms with van der Waals surface area (Å²) in [5.74, 6) is 0. The van der Waals surface area contributed by atoms with Crippen molar-refractivity contribution in [3.8, 4) is 0 Å². The van der Waals surface area contributed by atoms with Crippen LogP contribution in [0.4, 0.5) is 0 Å². The largest absolute Gasteiger partial charge is 0.264 e. The van der Waals surface area contributed by atoms with Gasteiger partial charge in [-0.3, -0.25) is 9.97 Å². The van der Waals surface area contributed by atoms with Gasteiger partial charge in [0, 0.05) is 36.2 Å². The van der Waals surface area contributed by atoms with E-state index < -0.39 is 0 Å². The summed E-state index contributed by atoms with van der Waals surface area (Å²) in [5.41, 5.74) is 0. The standard InChI is InChI=1S/C8H5N2/c1-3-9-5-8-6-10-4-2-7(1)8/h1,3-6H. The first kappa shape index (κ1) is 5.35. The Morgan fingerprint density at radius 1 is 1.20 bits per heavy atom. The van der Waals surface area contributed by atoms with E-state index in [-0.39, 0.29) is 0 Å². The van der Waals surface area contributed by atoms with Gasteiger partial charge < -0.3 is 0 Å². The van der Waals surface area contributed by atoms with Gasteiger partial charge in [-0.25, -0.2) is 0 Å². The van der Waals surface area contributed by atoms with Gasteiger partial charge in [0.2, 0.25) is 0 Å². The van der Waals surface area contributed by atoms with E-state index in [0.29, 0.717) is 0 Å². The number of pyridine rings is 2. The van der Waals surface area contributed by atoms with Gasteiger partial charge in [0.1, 0.15) is 0 Å². The van der Waals surface area contributed by atoms with Crippen LogP contribution in [0.5, 0.6) is 0 Å². The third-order valence-electron chi connectivity index (χ3n) is 1.36. The SMILES string of the molecule is [c]1cncc2cnccc12. The van der Waals surface area contributed by atoms with Gasteiger partial charge >= 0.3 is 0 Å². The number of aromatic nitrogens is 2. The minimum Gasteiger partial charge on any atom is -0.264 e. The first-order valence-corrected chi connectivity index (χ1v) is 3.02. The molecular formula is C8H5N2. The molecule has 2 heteroatoms. The van der Waals surface area contributed by atoms with Crippen LogP contribution < -0.4 is 0 Å². The predicted molar refractivity (Wildman–Crippen MR) is 38.4 cm³/mol. The van der Waals surface area contributed by atoms with Crippen molar-refractivity contribution in [1.29, 1.82) is 0 Å². The molecule has 2 rings (SSSR count). The Bertz CT molecular complexity index is 278. The third-order valence-corrected chi connectivity index (χ3v) is 1.36. The second-order valence-corrected chi connectivity index (χ2v) is 2.01. The number of fused-ring (bicyclic) bond motifs is 1. The van der Waals surface area contributed by atoms with Gasteiger partial charge in [-0.1, -0.05) is 0 Å². The van der Waals surface area contributed by atoms with Gasteiger partial charge in [-0.15, -0.1) is 0 Å². The lowest BCUT2D eigenvalue weighted by Gasteiger charge is -1.90. The van der Waals surface area contributed by atoms with Crippen molar-refractivity contribution in [2.75, 3.05) is 0 Å². The second-order valence-electron chi connectivity index (χ2n) is 2.01. The minimum atomic E-state index is 1.03. The van der Waals surface area contributed by atoms with Crippen molar-refractivity contribution in [1.82, 2.24) is 9.97 Å². The molecule has 2 nitrogen and oxygen atoms in total. The maximum Gasteiger partial charge on any atom is 0.0362 e. The summed E-state index contributed by atoms with van der Waals surface area (Å²) >= 11 is 0. The van der Waals surface area contributed by atoms with Gasteiger partial charge in [-0.2, -0.15) is 0 Å². The molecular weight excluding hydrogens is 124 g/mol. The first-order valence-electron chi connectivity index (χ1n) is 3.02. The molecule has 0 aliphatic carbocycles. The zero-order valence-electron chi connectivity index (χ0n) is 5.28. The van der Waals surface area contributed by atoms with E-state index in [1.807, 2.05) is 6.07 Å². The quantitative estimate of drug-likeness (QED) is 0.537. The Labute approximate surface area is 58.6 Å². The Morgan fingerprint density at radius 2 is 2.10 bits per heavy atom. The van der Waals surface area contributed by atoms with E-state index in [0.717, 1.165) is 10.8 Å².